The van der Waals surface area contributed by atoms with Gasteiger partial charge in [0.1, 0.15) is 11.8 Å². The number of nitrogens with one attached hydrogen (secondary N) is 1. The van der Waals surface area contributed by atoms with Crippen LogP contribution in [0, 0.1) is 17.8 Å². The Bertz CT molecular complexity index is 472. The number of esters is 1. The molecule has 0 heterocycles. The summed E-state index contributed by atoms with van der Waals surface area (Å²) in [5.41, 5.74) is 0. The summed E-state index contributed by atoms with van der Waals surface area (Å²) < 4.78 is 4.79. The van der Waals surface area contributed by atoms with Crippen LogP contribution in [0.15, 0.2) is 12.2 Å². The van der Waals surface area contributed by atoms with Crippen LogP contribution < -0.4 is 5.32 Å². The number of Topliss-reactive ketones (excluding diaryl/α,β-unsaturated/α-hetero) is 1. The van der Waals surface area contributed by atoms with Crippen molar-refractivity contribution in [3.8, 4) is 0 Å². The summed E-state index contributed by atoms with van der Waals surface area (Å²) in [6, 6.07) is -0.622. The summed E-state index contributed by atoms with van der Waals surface area (Å²) in [5, 5.41) is 2.81. The second kappa shape index (κ2) is 10.3. The van der Waals surface area contributed by atoms with Gasteiger partial charge in [-0.05, 0) is 31.1 Å². The van der Waals surface area contributed by atoms with Crippen molar-refractivity contribution in [1.82, 2.24) is 5.32 Å². The molecule has 5 nitrogen and oxygen atoms in total. The van der Waals surface area contributed by atoms with Crippen LogP contribution in [-0.4, -0.2) is 30.8 Å². The third kappa shape index (κ3) is 5.77. The first-order valence-corrected chi connectivity index (χ1v) is 8.99. The van der Waals surface area contributed by atoms with Crippen molar-refractivity contribution in [1.29, 1.82) is 0 Å². The van der Waals surface area contributed by atoms with E-state index in [0.29, 0.717) is 19.3 Å². The zero-order chi connectivity index (χ0) is 18.1. The summed E-state index contributed by atoms with van der Waals surface area (Å²) in [4.78, 5) is 36.3. The molecule has 4 unspecified atom stereocenters. The van der Waals surface area contributed by atoms with E-state index in [1.54, 1.807) is 0 Å². The molecule has 1 saturated carbocycles. The number of hydrogen-bond acceptors (Lipinski definition) is 4. The van der Waals surface area contributed by atoms with Crippen molar-refractivity contribution in [2.45, 2.75) is 65.3 Å². The molecule has 0 aromatic carbocycles. The molecule has 0 aromatic rings. The van der Waals surface area contributed by atoms with Crippen molar-refractivity contribution < 1.29 is 19.1 Å². The van der Waals surface area contributed by atoms with Crippen LogP contribution in [-0.2, 0) is 19.1 Å². The van der Waals surface area contributed by atoms with Gasteiger partial charge in [0, 0.05) is 18.8 Å². The average Bonchev–Trinajstić information content (AvgIpc) is 2.91. The Morgan fingerprint density at radius 1 is 1.33 bits per heavy atom. The number of ether oxygens (including phenoxy) is 1. The van der Waals surface area contributed by atoms with E-state index >= 15 is 0 Å². The van der Waals surface area contributed by atoms with Crippen LogP contribution in [0.25, 0.3) is 0 Å². The minimum absolute atomic E-state index is 0.00916. The molecule has 1 rings (SSSR count). The maximum atomic E-state index is 12.4. The highest BCUT2D eigenvalue weighted by atomic mass is 16.5. The molecule has 0 aliphatic heterocycles. The van der Waals surface area contributed by atoms with E-state index in [1.807, 2.05) is 19.9 Å². The molecular formula is C19H31NO4. The molecule has 1 N–H and O–H groups in total. The van der Waals surface area contributed by atoms with E-state index in [0.717, 1.165) is 19.3 Å². The molecule has 5 heteroatoms. The van der Waals surface area contributed by atoms with E-state index in [-0.39, 0.29) is 29.4 Å². The quantitative estimate of drug-likeness (QED) is 0.518. The predicted octanol–water partition coefficient (Wildman–Crippen LogP) is 3.03. The molecule has 1 amide bonds. The van der Waals surface area contributed by atoms with Crippen molar-refractivity contribution in [2.24, 2.45) is 17.8 Å². The number of amides is 1. The van der Waals surface area contributed by atoms with Crippen LogP contribution in [0.2, 0.25) is 0 Å². The molecule has 0 aromatic heterocycles. The summed E-state index contributed by atoms with van der Waals surface area (Å²) >= 11 is 0. The number of methoxy groups -OCH3 is 1. The Hall–Kier alpha value is -1.65. The molecule has 24 heavy (non-hydrogen) atoms. The summed E-state index contributed by atoms with van der Waals surface area (Å²) in [6.07, 6.45) is 8.11. The Labute approximate surface area is 145 Å². The van der Waals surface area contributed by atoms with Gasteiger partial charge in [0.2, 0.25) is 5.91 Å². The highest BCUT2D eigenvalue weighted by Gasteiger charge is 2.36. The van der Waals surface area contributed by atoms with Crippen molar-refractivity contribution in [3.05, 3.63) is 12.2 Å². The van der Waals surface area contributed by atoms with Gasteiger partial charge in [-0.3, -0.25) is 9.59 Å². The van der Waals surface area contributed by atoms with E-state index in [4.69, 9.17) is 4.74 Å². The molecule has 1 aliphatic carbocycles. The van der Waals surface area contributed by atoms with Gasteiger partial charge in [-0.25, -0.2) is 4.79 Å². The summed E-state index contributed by atoms with van der Waals surface area (Å²) in [6.45, 7) is 5.94. The van der Waals surface area contributed by atoms with Gasteiger partial charge in [-0.1, -0.05) is 39.3 Å². The average molecular weight is 337 g/mol. The minimum Gasteiger partial charge on any atom is -0.467 e. The molecular weight excluding hydrogens is 306 g/mol. The van der Waals surface area contributed by atoms with E-state index in [2.05, 4.69) is 18.3 Å². The Morgan fingerprint density at radius 2 is 2.04 bits per heavy atom. The molecule has 0 radical (unpaired) electrons. The fourth-order valence-electron chi connectivity index (χ4n) is 3.22. The number of hydrogen-bond donors (Lipinski definition) is 1. The minimum atomic E-state index is -0.622. The highest BCUT2D eigenvalue weighted by Crippen LogP contribution is 2.34. The lowest BCUT2D eigenvalue weighted by atomic mass is 9.89. The smallest absolute Gasteiger partial charge is 0.328 e. The van der Waals surface area contributed by atoms with E-state index in [1.165, 1.54) is 7.11 Å². The Balaban J connectivity index is 2.65. The normalized spacial score (nSPS) is 23.2. The topological polar surface area (TPSA) is 72.5 Å². The number of ketones is 1. The highest BCUT2D eigenvalue weighted by molar-refractivity contribution is 5.87. The number of allylic oxidation sites excluding steroid dienone is 2. The third-order valence-electron chi connectivity index (χ3n) is 4.97. The number of carbonyl (C=O) groups is 3. The molecule has 0 spiro atoms. The second-order valence-electron chi connectivity index (χ2n) is 6.64. The SMILES string of the molecule is CC/C=C\CC1C(=O)CCC1CC(=O)NC(C(=O)OC)C(C)CC. The van der Waals surface area contributed by atoms with Crippen LogP contribution in [0.4, 0.5) is 0 Å². The first-order valence-electron chi connectivity index (χ1n) is 8.99. The molecule has 0 bridgehead atoms. The van der Waals surface area contributed by atoms with Gasteiger partial charge < -0.3 is 10.1 Å². The van der Waals surface area contributed by atoms with Gasteiger partial charge in [0.25, 0.3) is 0 Å². The van der Waals surface area contributed by atoms with Crippen LogP contribution >= 0.6 is 0 Å². The van der Waals surface area contributed by atoms with Gasteiger partial charge >= 0.3 is 5.97 Å². The van der Waals surface area contributed by atoms with Crippen molar-refractivity contribution >= 4 is 17.7 Å². The van der Waals surface area contributed by atoms with Crippen LogP contribution in [0.1, 0.15) is 59.3 Å². The summed E-state index contributed by atoms with van der Waals surface area (Å²) in [7, 11) is 1.33. The van der Waals surface area contributed by atoms with Crippen molar-refractivity contribution in [2.75, 3.05) is 7.11 Å². The fraction of sp³-hybridized carbons (Fsp3) is 0.737. The third-order valence-corrected chi connectivity index (χ3v) is 4.97. The standard InChI is InChI=1S/C19H31NO4/c1-5-7-8-9-15-14(10-11-16(15)21)12-17(22)20-18(13(3)6-2)19(23)24-4/h7-8,13-15,18H,5-6,9-12H2,1-4H3,(H,20,22)/b8-7-. The molecule has 0 saturated heterocycles. The number of rotatable bonds is 9. The zero-order valence-corrected chi connectivity index (χ0v) is 15.3. The van der Waals surface area contributed by atoms with Gasteiger partial charge in [-0.2, -0.15) is 0 Å². The Kier molecular flexibility index (Phi) is 8.72. The molecule has 1 aliphatic rings. The van der Waals surface area contributed by atoms with Gasteiger partial charge in [0.05, 0.1) is 7.11 Å². The maximum Gasteiger partial charge on any atom is 0.328 e. The lowest BCUT2D eigenvalue weighted by Crippen LogP contribution is -2.46. The number of carbonyl (C=O) groups excluding carboxylic acids is 3. The van der Waals surface area contributed by atoms with Gasteiger partial charge in [-0.15, -0.1) is 0 Å². The fourth-order valence-corrected chi connectivity index (χ4v) is 3.22. The van der Waals surface area contributed by atoms with Crippen LogP contribution in [0.3, 0.4) is 0 Å². The van der Waals surface area contributed by atoms with Crippen LogP contribution in [0.5, 0.6) is 0 Å². The summed E-state index contributed by atoms with van der Waals surface area (Å²) in [5.74, 6) is -0.333. The lowest BCUT2D eigenvalue weighted by Gasteiger charge is -2.23. The lowest BCUT2D eigenvalue weighted by molar-refractivity contribution is -0.146. The Morgan fingerprint density at radius 3 is 2.62 bits per heavy atom. The van der Waals surface area contributed by atoms with E-state index in [9.17, 15) is 14.4 Å². The van der Waals surface area contributed by atoms with Crippen molar-refractivity contribution in [3.63, 3.8) is 0 Å². The first-order chi connectivity index (χ1) is 11.4. The first kappa shape index (κ1) is 20.4. The zero-order valence-electron chi connectivity index (χ0n) is 15.3. The monoisotopic (exact) mass is 337 g/mol. The molecule has 1 fully saturated rings. The molecule has 4 atom stereocenters. The van der Waals surface area contributed by atoms with Gasteiger partial charge in [0.15, 0.2) is 0 Å². The molecule has 136 valence electrons. The maximum absolute atomic E-state index is 12.4. The van der Waals surface area contributed by atoms with E-state index < -0.39 is 12.0 Å². The predicted molar refractivity (Wildman–Crippen MR) is 93.3 cm³/mol. The second-order valence-corrected chi connectivity index (χ2v) is 6.64. The largest absolute Gasteiger partial charge is 0.467 e.